The fourth-order valence-electron chi connectivity index (χ4n) is 2.37. The van der Waals surface area contributed by atoms with E-state index in [9.17, 15) is 4.79 Å². The molecule has 0 aliphatic carbocycles. The predicted octanol–water partition coefficient (Wildman–Crippen LogP) is 2.17. The number of pyridine rings is 1. The quantitative estimate of drug-likeness (QED) is 0.543. The summed E-state index contributed by atoms with van der Waals surface area (Å²) in [6.45, 7) is 0. The van der Waals surface area contributed by atoms with E-state index in [0.29, 0.717) is 5.65 Å². The maximum absolute atomic E-state index is 11.8. The molecule has 0 aliphatic heterocycles. The van der Waals surface area contributed by atoms with Crippen LogP contribution in [0.5, 0.6) is 0 Å². The van der Waals surface area contributed by atoms with Gasteiger partial charge in [0.25, 0.3) is 0 Å². The van der Waals surface area contributed by atoms with Gasteiger partial charge in [0.2, 0.25) is 0 Å². The molecule has 0 bridgehead atoms. The molecular weight excluding hydrogens is 240 g/mol. The molecular formula is C14H10N4O. The first-order valence-corrected chi connectivity index (χ1v) is 5.96. The van der Waals surface area contributed by atoms with E-state index < -0.39 is 0 Å². The number of benzene rings is 1. The molecule has 4 aromatic rings. The van der Waals surface area contributed by atoms with Crippen molar-refractivity contribution in [3.8, 4) is 11.3 Å². The van der Waals surface area contributed by atoms with Gasteiger partial charge in [0.1, 0.15) is 0 Å². The van der Waals surface area contributed by atoms with Gasteiger partial charge in [-0.2, -0.15) is 5.10 Å². The SMILES string of the molecule is O=c1[nH]nc2ccc3ccc(-c4ccc[nH]4)cc3n12. The number of H-pyrrole nitrogens is 2. The van der Waals surface area contributed by atoms with Crippen LogP contribution in [0.4, 0.5) is 0 Å². The Morgan fingerprint density at radius 2 is 2.00 bits per heavy atom. The van der Waals surface area contributed by atoms with Crippen molar-refractivity contribution in [3.63, 3.8) is 0 Å². The third-order valence-electron chi connectivity index (χ3n) is 3.29. The summed E-state index contributed by atoms with van der Waals surface area (Å²) in [7, 11) is 0. The summed E-state index contributed by atoms with van der Waals surface area (Å²) >= 11 is 0. The Balaban J connectivity index is 2.14. The zero-order valence-corrected chi connectivity index (χ0v) is 9.92. The van der Waals surface area contributed by atoms with Gasteiger partial charge in [-0.25, -0.2) is 14.3 Å². The Bertz CT molecular complexity index is 931. The van der Waals surface area contributed by atoms with Crippen LogP contribution in [0.15, 0.2) is 53.5 Å². The fraction of sp³-hybridized carbons (Fsp3) is 0. The molecule has 0 saturated heterocycles. The molecule has 5 heteroatoms. The van der Waals surface area contributed by atoms with Crippen molar-refractivity contribution in [1.29, 1.82) is 0 Å². The number of fused-ring (bicyclic) bond motifs is 3. The van der Waals surface area contributed by atoms with Crippen molar-refractivity contribution in [3.05, 3.63) is 59.1 Å². The molecule has 2 N–H and O–H groups in total. The third kappa shape index (κ3) is 1.41. The van der Waals surface area contributed by atoms with Gasteiger partial charge in [-0.1, -0.05) is 12.1 Å². The highest BCUT2D eigenvalue weighted by molar-refractivity contribution is 5.86. The van der Waals surface area contributed by atoms with Crippen molar-refractivity contribution in [2.75, 3.05) is 0 Å². The highest BCUT2D eigenvalue weighted by atomic mass is 16.1. The van der Waals surface area contributed by atoms with E-state index in [4.69, 9.17) is 0 Å². The number of hydrogen-bond acceptors (Lipinski definition) is 2. The predicted molar refractivity (Wildman–Crippen MR) is 73.1 cm³/mol. The van der Waals surface area contributed by atoms with Gasteiger partial charge in [-0.3, -0.25) is 0 Å². The molecule has 0 radical (unpaired) electrons. The fourth-order valence-corrected chi connectivity index (χ4v) is 2.37. The summed E-state index contributed by atoms with van der Waals surface area (Å²) in [5, 5.41) is 7.46. The van der Waals surface area contributed by atoms with Gasteiger partial charge >= 0.3 is 5.69 Å². The lowest BCUT2D eigenvalue weighted by Gasteiger charge is -2.03. The van der Waals surface area contributed by atoms with Crippen LogP contribution in [-0.4, -0.2) is 19.6 Å². The van der Waals surface area contributed by atoms with E-state index in [-0.39, 0.29) is 5.69 Å². The minimum Gasteiger partial charge on any atom is -0.361 e. The van der Waals surface area contributed by atoms with E-state index in [1.807, 2.05) is 48.7 Å². The molecule has 0 spiro atoms. The largest absolute Gasteiger partial charge is 0.361 e. The molecule has 19 heavy (non-hydrogen) atoms. The summed E-state index contributed by atoms with van der Waals surface area (Å²) < 4.78 is 1.59. The molecule has 0 atom stereocenters. The van der Waals surface area contributed by atoms with Crippen molar-refractivity contribution >= 4 is 16.6 Å². The highest BCUT2D eigenvalue weighted by Crippen LogP contribution is 2.23. The number of aromatic amines is 2. The Morgan fingerprint density at radius 3 is 2.84 bits per heavy atom. The zero-order chi connectivity index (χ0) is 12.8. The van der Waals surface area contributed by atoms with Crippen LogP contribution >= 0.6 is 0 Å². The van der Waals surface area contributed by atoms with Gasteiger partial charge in [0.15, 0.2) is 5.65 Å². The summed E-state index contributed by atoms with van der Waals surface area (Å²) in [5.74, 6) is 0. The molecule has 0 unspecified atom stereocenters. The smallest absolute Gasteiger partial charge is 0.348 e. The van der Waals surface area contributed by atoms with Gasteiger partial charge in [-0.15, -0.1) is 0 Å². The van der Waals surface area contributed by atoms with Crippen LogP contribution in [-0.2, 0) is 0 Å². The van der Waals surface area contributed by atoms with Crippen molar-refractivity contribution < 1.29 is 0 Å². The molecule has 0 saturated carbocycles. The molecule has 4 rings (SSSR count). The second-order valence-corrected chi connectivity index (χ2v) is 4.41. The Morgan fingerprint density at radius 1 is 1.11 bits per heavy atom. The van der Waals surface area contributed by atoms with Gasteiger partial charge in [-0.05, 0) is 35.7 Å². The average Bonchev–Trinajstić information content (AvgIpc) is 3.08. The maximum Gasteiger partial charge on any atom is 0.348 e. The molecule has 0 fully saturated rings. The molecule has 1 aromatic carbocycles. The van der Waals surface area contributed by atoms with Crippen LogP contribution in [0.1, 0.15) is 0 Å². The minimum atomic E-state index is -0.218. The first-order chi connectivity index (χ1) is 9.33. The summed E-state index contributed by atoms with van der Waals surface area (Å²) in [6.07, 6.45) is 1.88. The number of hydrogen-bond donors (Lipinski definition) is 2. The lowest BCUT2D eigenvalue weighted by Crippen LogP contribution is -2.09. The van der Waals surface area contributed by atoms with Gasteiger partial charge in [0.05, 0.1) is 5.52 Å². The first kappa shape index (κ1) is 10.1. The van der Waals surface area contributed by atoms with Crippen LogP contribution < -0.4 is 5.69 Å². The standard InChI is InChI=1S/C14H10N4O/c19-14-17-16-13-6-5-9-3-4-10(8-12(9)18(13)14)11-2-1-7-15-11/h1-8,15H,(H,17,19). The van der Waals surface area contributed by atoms with Crippen LogP contribution in [0, 0.1) is 0 Å². The van der Waals surface area contributed by atoms with Gasteiger partial charge < -0.3 is 4.98 Å². The Hall–Kier alpha value is -2.82. The summed E-state index contributed by atoms with van der Waals surface area (Å²) in [4.78, 5) is 15.0. The van der Waals surface area contributed by atoms with E-state index in [1.165, 1.54) is 0 Å². The monoisotopic (exact) mass is 250 g/mol. The Labute approximate surface area is 107 Å². The Kier molecular flexibility index (Phi) is 1.91. The maximum atomic E-state index is 11.8. The van der Waals surface area contributed by atoms with Crippen LogP contribution in [0.25, 0.3) is 27.8 Å². The number of aromatic nitrogens is 4. The molecule has 0 aliphatic rings. The second-order valence-electron chi connectivity index (χ2n) is 4.41. The highest BCUT2D eigenvalue weighted by Gasteiger charge is 2.06. The molecule has 3 aromatic heterocycles. The molecule has 92 valence electrons. The van der Waals surface area contributed by atoms with Crippen molar-refractivity contribution in [2.24, 2.45) is 0 Å². The number of nitrogens with one attached hydrogen (secondary N) is 2. The van der Waals surface area contributed by atoms with Crippen molar-refractivity contribution in [2.45, 2.75) is 0 Å². The molecule has 3 heterocycles. The normalized spacial score (nSPS) is 11.4. The lowest BCUT2D eigenvalue weighted by atomic mass is 10.1. The van der Waals surface area contributed by atoms with Crippen molar-refractivity contribution in [1.82, 2.24) is 19.6 Å². The zero-order valence-electron chi connectivity index (χ0n) is 9.92. The topological polar surface area (TPSA) is 66.0 Å². The van der Waals surface area contributed by atoms with E-state index >= 15 is 0 Å². The third-order valence-corrected chi connectivity index (χ3v) is 3.29. The van der Waals surface area contributed by atoms with Gasteiger partial charge in [0, 0.05) is 17.5 Å². The second kappa shape index (κ2) is 3.58. The summed E-state index contributed by atoms with van der Waals surface area (Å²) in [5.41, 5.74) is 3.32. The average molecular weight is 250 g/mol. The van der Waals surface area contributed by atoms with E-state index in [2.05, 4.69) is 15.2 Å². The summed E-state index contributed by atoms with van der Waals surface area (Å²) in [6, 6.07) is 13.8. The molecule has 0 amide bonds. The lowest BCUT2D eigenvalue weighted by molar-refractivity contribution is 1.04. The van der Waals surface area contributed by atoms with Crippen LogP contribution in [0.3, 0.4) is 0 Å². The minimum absolute atomic E-state index is 0.218. The number of rotatable bonds is 1. The first-order valence-electron chi connectivity index (χ1n) is 5.96. The number of nitrogens with zero attached hydrogens (tertiary/aromatic N) is 2. The van der Waals surface area contributed by atoms with E-state index in [0.717, 1.165) is 22.2 Å². The van der Waals surface area contributed by atoms with Crippen LogP contribution in [0.2, 0.25) is 0 Å². The molecule has 5 nitrogen and oxygen atoms in total. The van der Waals surface area contributed by atoms with E-state index in [1.54, 1.807) is 4.40 Å².